The third-order valence-corrected chi connectivity index (χ3v) is 5.61. The highest BCUT2D eigenvalue weighted by Crippen LogP contribution is 2.43. The highest BCUT2D eigenvalue weighted by Gasteiger charge is 2.41. The number of carbonyl (C=O) groups is 1. The zero-order valence-electron chi connectivity index (χ0n) is 18.2. The van der Waals surface area contributed by atoms with E-state index in [9.17, 15) is 4.79 Å². The molecule has 1 unspecified atom stereocenters. The van der Waals surface area contributed by atoms with Crippen molar-refractivity contribution < 1.29 is 19.0 Å². The standard InChI is InChI=1S/C22H31N5O4/c1-3-7-27-21-17-12-16(31-14-20(28)26-8-10-30-11-9-26)5-6-18(17)24-13-19(21)25-22(27,23)15-29-4-2/h5-6,12-13,25H,3-4,7-11,14-15,23H2,1-2H3. The average molecular weight is 430 g/mol. The first-order valence-electron chi connectivity index (χ1n) is 10.9. The summed E-state index contributed by atoms with van der Waals surface area (Å²) < 4.78 is 16.8. The molecular weight excluding hydrogens is 398 g/mol. The van der Waals surface area contributed by atoms with Crippen LogP contribution < -0.4 is 20.7 Å². The van der Waals surface area contributed by atoms with Crippen LogP contribution in [-0.4, -0.2) is 74.2 Å². The van der Waals surface area contributed by atoms with Gasteiger partial charge in [-0.3, -0.25) is 15.5 Å². The fraction of sp³-hybridized carbons (Fsp3) is 0.545. The quantitative estimate of drug-likeness (QED) is 0.655. The number of rotatable bonds is 8. The molecule has 1 fully saturated rings. The molecule has 0 spiro atoms. The van der Waals surface area contributed by atoms with Crippen molar-refractivity contribution in [2.24, 2.45) is 5.73 Å². The Morgan fingerprint density at radius 3 is 2.87 bits per heavy atom. The lowest BCUT2D eigenvalue weighted by molar-refractivity contribution is -0.137. The van der Waals surface area contributed by atoms with Gasteiger partial charge in [0.05, 0.1) is 36.3 Å². The molecule has 1 amide bonds. The lowest BCUT2D eigenvalue weighted by Crippen LogP contribution is -2.62. The van der Waals surface area contributed by atoms with Gasteiger partial charge in [0.15, 0.2) is 12.4 Å². The Morgan fingerprint density at radius 2 is 2.13 bits per heavy atom. The van der Waals surface area contributed by atoms with Gasteiger partial charge in [0, 0.05) is 31.6 Å². The number of morpholine rings is 1. The Bertz CT molecular complexity index is 934. The zero-order chi connectivity index (χ0) is 21.8. The number of benzene rings is 1. The van der Waals surface area contributed by atoms with Crippen LogP contribution in [0.5, 0.6) is 5.75 Å². The number of anilines is 2. The summed E-state index contributed by atoms with van der Waals surface area (Å²) in [7, 11) is 0. The molecule has 2 aliphatic heterocycles. The summed E-state index contributed by atoms with van der Waals surface area (Å²) in [5.41, 5.74) is 9.40. The van der Waals surface area contributed by atoms with Crippen molar-refractivity contribution in [2.45, 2.75) is 26.1 Å². The number of fused-ring (bicyclic) bond motifs is 3. The summed E-state index contributed by atoms with van der Waals surface area (Å²) >= 11 is 0. The molecule has 0 bridgehead atoms. The molecule has 2 aromatic rings. The molecular formula is C22H31N5O4. The molecule has 4 rings (SSSR count). The fourth-order valence-corrected chi connectivity index (χ4v) is 4.09. The molecule has 0 radical (unpaired) electrons. The zero-order valence-corrected chi connectivity index (χ0v) is 18.2. The Labute approximate surface area is 182 Å². The number of nitrogens with zero attached hydrogens (tertiary/aromatic N) is 3. The first kappa shape index (κ1) is 21.6. The van der Waals surface area contributed by atoms with Crippen molar-refractivity contribution >= 4 is 28.2 Å². The number of hydrogen-bond acceptors (Lipinski definition) is 8. The summed E-state index contributed by atoms with van der Waals surface area (Å²) in [5.74, 6) is -0.250. The van der Waals surface area contributed by atoms with Crippen molar-refractivity contribution in [2.75, 3.05) is 62.9 Å². The topological polar surface area (TPSA) is 102 Å². The van der Waals surface area contributed by atoms with Crippen LogP contribution in [0.3, 0.4) is 0 Å². The van der Waals surface area contributed by atoms with E-state index >= 15 is 0 Å². The van der Waals surface area contributed by atoms with Crippen molar-refractivity contribution in [1.82, 2.24) is 9.88 Å². The molecule has 1 aromatic carbocycles. The normalized spacial score (nSPS) is 20.6. The lowest BCUT2D eigenvalue weighted by Gasteiger charge is -2.36. The Balaban J connectivity index is 1.59. The molecule has 1 aromatic heterocycles. The van der Waals surface area contributed by atoms with E-state index in [0.29, 0.717) is 45.3 Å². The van der Waals surface area contributed by atoms with E-state index in [1.54, 1.807) is 4.90 Å². The molecule has 1 atom stereocenters. The molecule has 0 saturated carbocycles. The number of hydrogen-bond donors (Lipinski definition) is 2. The van der Waals surface area contributed by atoms with Crippen molar-refractivity contribution in [1.29, 1.82) is 0 Å². The van der Waals surface area contributed by atoms with Gasteiger partial charge in [-0.25, -0.2) is 0 Å². The number of amides is 1. The molecule has 2 aliphatic rings. The van der Waals surface area contributed by atoms with Crippen LogP contribution in [-0.2, 0) is 14.3 Å². The third kappa shape index (κ3) is 4.39. The van der Waals surface area contributed by atoms with E-state index in [4.69, 9.17) is 19.9 Å². The Morgan fingerprint density at radius 1 is 1.32 bits per heavy atom. The van der Waals surface area contributed by atoms with Gasteiger partial charge in [0.2, 0.25) is 0 Å². The molecule has 31 heavy (non-hydrogen) atoms. The van der Waals surface area contributed by atoms with E-state index in [0.717, 1.165) is 35.2 Å². The highest BCUT2D eigenvalue weighted by molar-refractivity contribution is 6.01. The van der Waals surface area contributed by atoms with Gasteiger partial charge in [-0.05, 0) is 31.5 Å². The predicted molar refractivity (Wildman–Crippen MR) is 119 cm³/mol. The monoisotopic (exact) mass is 429 g/mol. The maximum absolute atomic E-state index is 12.4. The highest BCUT2D eigenvalue weighted by atomic mass is 16.5. The van der Waals surface area contributed by atoms with Gasteiger partial charge in [0.25, 0.3) is 5.91 Å². The second-order valence-electron chi connectivity index (χ2n) is 7.82. The second-order valence-corrected chi connectivity index (χ2v) is 7.82. The SMILES string of the molecule is CCCN1c2c(cnc3ccc(OCC(=O)N4CCOCC4)cc23)NC1(N)COCC. The minimum atomic E-state index is -0.840. The number of nitrogens with two attached hydrogens (primary N) is 1. The predicted octanol–water partition coefficient (Wildman–Crippen LogP) is 1.76. The van der Waals surface area contributed by atoms with Crippen molar-refractivity contribution in [3.63, 3.8) is 0 Å². The minimum absolute atomic E-state index is 0.00392. The van der Waals surface area contributed by atoms with E-state index in [-0.39, 0.29) is 12.5 Å². The molecule has 3 N–H and O–H groups in total. The van der Waals surface area contributed by atoms with Gasteiger partial charge < -0.3 is 29.3 Å². The van der Waals surface area contributed by atoms with Gasteiger partial charge in [-0.15, -0.1) is 0 Å². The van der Waals surface area contributed by atoms with Crippen LogP contribution in [0.2, 0.25) is 0 Å². The van der Waals surface area contributed by atoms with Gasteiger partial charge in [-0.1, -0.05) is 6.92 Å². The number of pyridine rings is 1. The average Bonchev–Trinajstić information content (AvgIpc) is 3.09. The Hall–Kier alpha value is -2.62. The molecule has 9 nitrogen and oxygen atoms in total. The van der Waals surface area contributed by atoms with Crippen LogP contribution in [0.15, 0.2) is 24.4 Å². The number of aromatic nitrogens is 1. The summed E-state index contributed by atoms with van der Waals surface area (Å²) in [5, 5.41) is 4.32. The second kappa shape index (κ2) is 9.25. The smallest absolute Gasteiger partial charge is 0.260 e. The summed E-state index contributed by atoms with van der Waals surface area (Å²) in [4.78, 5) is 20.9. The lowest BCUT2D eigenvalue weighted by atomic mass is 10.1. The molecule has 9 heteroatoms. The minimum Gasteiger partial charge on any atom is -0.484 e. The Kier molecular flexibility index (Phi) is 6.45. The molecule has 0 aliphatic carbocycles. The first-order chi connectivity index (χ1) is 15.1. The van der Waals surface area contributed by atoms with Gasteiger partial charge in [0.1, 0.15) is 12.4 Å². The first-order valence-corrected chi connectivity index (χ1v) is 10.9. The van der Waals surface area contributed by atoms with Crippen molar-refractivity contribution in [3.8, 4) is 5.75 Å². The van der Waals surface area contributed by atoms with E-state index in [2.05, 4.69) is 22.1 Å². The molecule has 3 heterocycles. The molecule has 1 saturated heterocycles. The van der Waals surface area contributed by atoms with E-state index in [1.807, 2.05) is 31.3 Å². The van der Waals surface area contributed by atoms with Gasteiger partial charge >= 0.3 is 0 Å². The fourth-order valence-electron chi connectivity index (χ4n) is 4.09. The van der Waals surface area contributed by atoms with Crippen LogP contribution >= 0.6 is 0 Å². The maximum atomic E-state index is 12.4. The number of nitrogens with one attached hydrogen (secondary N) is 1. The molecule has 168 valence electrons. The summed E-state index contributed by atoms with van der Waals surface area (Å²) in [6.45, 7) is 8.13. The van der Waals surface area contributed by atoms with E-state index < -0.39 is 5.79 Å². The summed E-state index contributed by atoms with van der Waals surface area (Å²) in [6.07, 6.45) is 2.74. The third-order valence-electron chi connectivity index (χ3n) is 5.61. The number of carbonyl (C=O) groups excluding carboxylic acids is 1. The van der Waals surface area contributed by atoms with Crippen molar-refractivity contribution in [3.05, 3.63) is 24.4 Å². The largest absolute Gasteiger partial charge is 0.484 e. The van der Waals surface area contributed by atoms with E-state index in [1.165, 1.54) is 0 Å². The summed E-state index contributed by atoms with van der Waals surface area (Å²) in [6, 6.07) is 5.69. The maximum Gasteiger partial charge on any atom is 0.260 e. The van der Waals surface area contributed by atoms with Gasteiger partial charge in [-0.2, -0.15) is 0 Å². The van der Waals surface area contributed by atoms with Crippen LogP contribution in [0.1, 0.15) is 20.3 Å². The van der Waals surface area contributed by atoms with Crippen LogP contribution in [0, 0.1) is 0 Å². The van der Waals surface area contributed by atoms with Crippen LogP contribution in [0.4, 0.5) is 11.4 Å². The number of ether oxygens (including phenoxy) is 3. The van der Waals surface area contributed by atoms with Crippen LogP contribution in [0.25, 0.3) is 10.9 Å².